The summed E-state index contributed by atoms with van der Waals surface area (Å²) in [5, 5.41) is 11.9. The number of rotatable bonds is 6. The molecule has 3 heterocycles. The fraction of sp³-hybridized carbons (Fsp3) is 0.280. The number of aromatic nitrogens is 1. The Kier molecular flexibility index (Phi) is 7.51. The summed E-state index contributed by atoms with van der Waals surface area (Å²) in [4.78, 5) is 21.7. The molecule has 0 bridgehead atoms. The highest BCUT2D eigenvalue weighted by Gasteiger charge is 2.29. The first-order chi connectivity index (χ1) is 15.7. The topological polar surface area (TPSA) is 74.7 Å². The molecular weight excluding hydrogens is 422 g/mol. The highest BCUT2D eigenvalue weighted by atomic mass is 32.1. The fourth-order valence-electron chi connectivity index (χ4n) is 3.68. The number of anilines is 1. The summed E-state index contributed by atoms with van der Waals surface area (Å²) in [5.74, 6) is 6.80. The maximum Gasteiger partial charge on any atom is 0.241 e. The number of likely N-dealkylation sites (tertiary alicyclic amines) is 1. The van der Waals surface area contributed by atoms with Gasteiger partial charge >= 0.3 is 0 Å². The lowest BCUT2D eigenvalue weighted by atomic mass is 10.0. The van der Waals surface area contributed by atoms with Crippen LogP contribution >= 0.6 is 11.3 Å². The lowest BCUT2D eigenvalue weighted by Gasteiger charge is -2.34. The second kappa shape index (κ2) is 10.9. The number of amides is 1. The molecule has 2 N–H and O–H groups in total. The molecule has 0 unspecified atom stereocenters. The van der Waals surface area contributed by atoms with Crippen LogP contribution in [0.3, 0.4) is 0 Å². The van der Waals surface area contributed by atoms with Crippen molar-refractivity contribution >= 4 is 22.9 Å². The van der Waals surface area contributed by atoms with Gasteiger partial charge in [0.1, 0.15) is 12.4 Å². The highest BCUT2D eigenvalue weighted by Crippen LogP contribution is 2.25. The molecule has 0 spiro atoms. The third kappa shape index (κ3) is 5.95. The van der Waals surface area contributed by atoms with Gasteiger partial charge in [-0.25, -0.2) is 4.98 Å². The van der Waals surface area contributed by atoms with Crippen molar-refractivity contribution in [3.8, 4) is 23.5 Å². The maximum absolute atomic E-state index is 13.0. The van der Waals surface area contributed by atoms with Gasteiger partial charge in [0, 0.05) is 17.5 Å². The third-order valence-corrected chi connectivity index (χ3v) is 6.18. The first-order valence-electron chi connectivity index (χ1n) is 10.6. The molecule has 0 radical (unpaired) electrons. The van der Waals surface area contributed by atoms with Gasteiger partial charge in [-0.1, -0.05) is 36.5 Å². The van der Waals surface area contributed by atoms with E-state index in [2.05, 4.69) is 27.0 Å². The second-order valence-electron chi connectivity index (χ2n) is 7.50. The Morgan fingerprint density at radius 2 is 2.06 bits per heavy atom. The van der Waals surface area contributed by atoms with Crippen LogP contribution in [0.15, 0.2) is 60.8 Å². The number of ether oxygens (including phenoxy) is 1. The van der Waals surface area contributed by atoms with Gasteiger partial charge in [0.2, 0.25) is 11.8 Å². The molecular formula is C25H25N3O3S. The Balaban J connectivity index is 1.37. The van der Waals surface area contributed by atoms with E-state index in [1.165, 1.54) is 0 Å². The molecule has 2 aromatic heterocycles. The molecule has 1 amide bonds. The van der Waals surface area contributed by atoms with Gasteiger partial charge in [-0.15, -0.1) is 11.3 Å². The molecule has 3 aromatic rings. The zero-order valence-electron chi connectivity index (χ0n) is 17.7. The van der Waals surface area contributed by atoms with E-state index >= 15 is 0 Å². The standard InChI is InChI=1S/C25H25N3O3S/c29-16-6-9-21-12-13-22(32-21)18-28-15-5-4-10-23(28)25(30)27-19-11-14-24(26-17-19)31-20-7-2-1-3-8-20/h1-3,7-8,11-14,17,23,29H,4-5,10,15-16,18H2,(H,27,30)/t23-/m0/s1. The van der Waals surface area contributed by atoms with Crippen LogP contribution in [0.2, 0.25) is 0 Å². The molecule has 0 saturated carbocycles. The predicted octanol–water partition coefficient (Wildman–Crippen LogP) is 4.27. The number of aliphatic hydroxyl groups excluding tert-OH is 1. The molecule has 1 aliphatic heterocycles. The van der Waals surface area contributed by atoms with E-state index < -0.39 is 0 Å². The molecule has 1 saturated heterocycles. The summed E-state index contributed by atoms with van der Waals surface area (Å²) in [6, 6.07) is 16.9. The van der Waals surface area contributed by atoms with E-state index in [9.17, 15) is 4.79 Å². The molecule has 1 aromatic carbocycles. The van der Waals surface area contributed by atoms with Gasteiger partial charge in [-0.05, 0) is 49.7 Å². The summed E-state index contributed by atoms with van der Waals surface area (Å²) < 4.78 is 5.71. The Bertz CT molecular complexity index is 1090. The SMILES string of the molecule is O=C(Nc1ccc(Oc2ccccc2)nc1)[C@@H]1CCCCN1Cc1ccc(C#CCO)s1. The van der Waals surface area contributed by atoms with Gasteiger partial charge in [0.05, 0.1) is 22.8 Å². The van der Waals surface area contributed by atoms with Crippen LogP contribution < -0.4 is 10.1 Å². The molecule has 6 nitrogen and oxygen atoms in total. The van der Waals surface area contributed by atoms with Crippen molar-refractivity contribution in [2.75, 3.05) is 18.5 Å². The largest absolute Gasteiger partial charge is 0.439 e. The van der Waals surface area contributed by atoms with Crippen LogP contribution in [-0.2, 0) is 11.3 Å². The first kappa shape index (κ1) is 22.0. The number of nitrogens with one attached hydrogen (secondary N) is 1. The average molecular weight is 448 g/mol. The van der Waals surface area contributed by atoms with Gasteiger partial charge in [-0.2, -0.15) is 0 Å². The number of hydrogen-bond acceptors (Lipinski definition) is 6. The number of thiophene rings is 1. The number of carbonyl (C=O) groups is 1. The normalized spacial score (nSPS) is 16.1. The zero-order valence-corrected chi connectivity index (χ0v) is 18.5. The monoisotopic (exact) mass is 447 g/mol. The lowest BCUT2D eigenvalue weighted by molar-refractivity contribution is -0.122. The summed E-state index contributed by atoms with van der Waals surface area (Å²) in [6.45, 7) is 1.46. The quantitative estimate of drug-likeness (QED) is 0.552. The summed E-state index contributed by atoms with van der Waals surface area (Å²) in [5.41, 5.74) is 0.652. The number of piperidine rings is 1. The van der Waals surface area contributed by atoms with E-state index in [-0.39, 0.29) is 18.6 Å². The van der Waals surface area contributed by atoms with Crippen molar-refractivity contribution < 1.29 is 14.6 Å². The number of pyridine rings is 1. The zero-order chi connectivity index (χ0) is 22.2. The van der Waals surface area contributed by atoms with Crippen LogP contribution in [0.5, 0.6) is 11.6 Å². The summed E-state index contributed by atoms with van der Waals surface area (Å²) >= 11 is 1.60. The minimum absolute atomic E-state index is 0.0138. The van der Waals surface area contributed by atoms with E-state index in [1.54, 1.807) is 23.6 Å². The smallest absolute Gasteiger partial charge is 0.241 e. The van der Waals surface area contributed by atoms with Crippen LogP contribution in [0.25, 0.3) is 0 Å². The molecule has 0 aliphatic carbocycles. The van der Waals surface area contributed by atoms with Crippen molar-refractivity contribution in [3.63, 3.8) is 0 Å². The van der Waals surface area contributed by atoms with Gasteiger partial charge in [0.15, 0.2) is 0 Å². The van der Waals surface area contributed by atoms with Gasteiger partial charge < -0.3 is 15.2 Å². The number of nitrogens with zero attached hydrogens (tertiary/aromatic N) is 2. The molecule has 164 valence electrons. The highest BCUT2D eigenvalue weighted by molar-refractivity contribution is 7.12. The minimum Gasteiger partial charge on any atom is -0.439 e. The van der Waals surface area contributed by atoms with Crippen molar-refractivity contribution in [3.05, 3.63) is 70.5 Å². The second-order valence-corrected chi connectivity index (χ2v) is 8.67. The van der Waals surface area contributed by atoms with E-state index in [0.29, 0.717) is 23.9 Å². The first-order valence-corrected chi connectivity index (χ1v) is 11.5. The van der Waals surface area contributed by atoms with E-state index in [1.807, 2.05) is 48.5 Å². The van der Waals surface area contributed by atoms with Gasteiger partial charge in [0.25, 0.3) is 0 Å². The number of para-hydroxylation sites is 1. The van der Waals surface area contributed by atoms with Gasteiger partial charge in [-0.3, -0.25) is 9.69 Å². The third-order valence-electron chi connectivity index (χ3n) is 5.20. The average Bonchev–Trinajstić information content (AvgIpc) is 3.27. The molecule has 1 atom stereocenters. The van der Waals surface area contributed by atoms with E-state index in [0.717, 1.165) is 35.6 Å². The molecule has 1 fully saturated rings. The number of hydrogen-bond donors (Lipinski definition) is 2. The molecule has 1 aliphatic rings. The lowest BCUT2D eigenvalue weighted by Crippen LogP contribution is -2.46. The molecule has 7 heteroatoms. The minimum atomic E-state index is -0.182. The van der Waals surface area contributed by atoms with Crippen molar-refractivity contribution in [2.45, 2.75) is 31.8 Å². The number of carbonyl (C=O) groups excluding carboxylic acids is 1. The Hall–Kier alpha value is -3.18. The van der Waals surface area contributed by atoms with Crippen molar-refractivity contribution in [1.29, 1.82) is 0 Å². The summed E-state index contributed by atoms with van der Waals surface area (Å²) in [7, 11) is 0. The Morgan fingerprint density at radius 3 is 2.84 bits per heavy atom. The number of benzene rings is 1. The van der Waals surface area contributed by atoms with Crippen molar-refractivity contribution in [1.82, 2.24) is 9.88 Å². The maximum atomic E-state index is 13.0. The van der Waals surface area contributed by atoms with Crippen LogP contribution in [0.1, 0.15) is 29.0 Å². The van der Waals surface area contributed by atoms with Crippen LogP contribution in [0, 0.1) is 11.8 Å². The number of aliphatic hydroxyl groups is 1. The Labute approximate surface area is 191 Å². The molecule has 32 heavy (non-hydrogen) atoms. The van der Waals surface area contributed by atoms with Crippen LogP contribution in [0.4, 0.5) is 5.69 Å². The van der Waals surface area contributed by atoms with E-state index in [4.69, 9.17) is 9.84 Å². The predicted molar refractivity (Wildman–Crippen MR) is 126 cm³/mol. The van der Waals surface area contributed by atoms with Crippen LogP contribution in [-0.4, -0.2) is 40.1 Å². The summed E-state index contributed by atoms with van der Waals surface area (Å²) in [6.07, 6.45) is 4.57. The Morgan fingerprint density at radius 1 is 1.19 bits per heavy atom. The van der Waals surface area contributed by atoms with Crippen molar-refractivity contribution in [2.24, 2.45) is 0 Å². The molecule has 4 rings (SSSR count). The fourth-order valence-corrected chi connectivity index (χ4v) is 4.59.